The number of allylic oxidation sites excluding steroid dienone is 1. The van der Waals surface area contributed by atoms with Crippen LogP contribution in [0.5, 0.6) is 5.75 Å². The Labute approximate surface area is 180 Å². The van der Waals surface area contributed by atoms with Gasteiger partial charge in [-0.2, -0.15) is 14.0 Å². The lowest BCUT2D eigenvalue weighted by atomic mass is 9.77. The van der Waals surface area contributed by atoms with Gasteiger partial charge in [0.1, 0.15) is 29.0 Å². The van der Waals surface area contributed by atoms with Crippen molar-refractivity contribution < 1.29 is 22.3 Å². The second kappa shape index (κ2) is 10.00. The predicted octanol–water partition coefficient (Wildman–Crippen LogP) is 7.59. The second-order valence-corrected chi connectivity index (χ2v) is 8.05. The number of alkyl halides is 2. The maximum atomic E-state index is 14.5. The van der Waals surface area contributed by atoms with Gasteiger partial charge in [-0.3, -0.25) is 0 Å². The Bertz CT molecular complexity index is 918. The molecule has 0 N–H and O–H groups in total. The van der Waals surface area contributed by atoms with E-state index >= 15 is 0 Å². The van der Waals surface area contributed by atoms with E-state index in [9.17, 15) is 17.6 Å². The average Bonchev–Trinajstić information content (AvgIpc) is 2.74. The van der Waals surface area contributed by atoms with Gasteiger partial charge in [-0.25, -0.2) is 8.78 Å². The first-order valence-electron chi connectivity index (χ1n) is 10.5. The number of benzene rings is 2. The van der Waals surface area contributed by atoms with E-state index in [1.165, 1.54) is 24.6 Å². The lowest BCUT2D eigenvalue weighted by Gasteiger charge is -2.29. The molecule has 0 aliphatic heterocycles. The zero-order valence-corrected chi connectivity index (χ0v) is 17.2. The van der Waals surface area contributed by atoms with Crippen LogP contribution >= 0.6 is 0 Å². The zero-order valence-electron chi connectivity index (χ0n) is 17.2. The maximum Gasteiger partial charge on any atom is 0.426 e. The lowest BCUT2D eigenvalue weighted by Crippen LogP contribution is -2.22. The van der Waals surface area contributed by atoms with E-state index in [2.05, 4.69) is 11.3 Å². The molecular formula is C25H25F4NO. The number of nitriles is 1. The minimum absolute atomic E-state index is 0.348. The molecule has 3 rings (SSSR count). The molecule has 0 atom stereocenters. The van der Waals surface area contributed by atoms with Crippen molar-refractivity contribution in [2.75, 3.05) is 0 Å². The summed E-state index contributed by atoms with van der Waals surface area (Å²) in [6.45, 7) is 3.75. The highest BCUT2D eigenvalue weighted by Crippen LogP contribution is 2.39. The first kappa shape index (κ1) is 22.9. The quantitative estimate of drug-likeness (QED) is 0.245. The van der Waals surface area contributed by atoms with Gasteiger partial charge in [0.15, 0.2) is 0 Å². The number of nitrogens with zero attached hydrogens (tertiary/aromatic N) is 1. The van der Waals surface area contributed by atoms with Crippen LogP contribution in [-0.4, -0.2) is 0 Å². The van der Waals surface area contributed by atoms with Crippen molar-refractivity contribution in [1.82, 2.24) is 0 Å². The number of unbranched alkanes of at least 4 members (excludes halogenated alkanes) is 1. The molecule has 164 valence electrons. The molecule has 6 heteroatoms. The highest BCUT2D eigenvalue weighted by atomic mass is 19.3. The molecule has 0 bridgehead atoms. The summed E-state index contributed by atoms with van der Waals surface area (Å²) < 4.78 is 60.9. The standard InChI is InChI=1S/C25H25F4NO/c1-2-3-4-5-17-6-8-18(9-7-17)19-10-12-20(13-11-19)25(28,29)31-21-14-23(26)22(16-30)24(27)15-21/h2,10-15,17-18H,1,3-9H2. The van der Waals surface area contributed by atoms with Crippen LogP contribution < -0.4 is 4.74 Å². The van der Waals surface area contributed by atoms with Crippen LogP contribution in [0.15, 0.2) is 49.1 Å². The molecule has 1 aliphatic carbocycles. The molecule has 31 heavy (non-hydrogen) atoms. The van der Waals surface area contributed by atoms with Crippen molar-refractivity contribution >= 4 is 0 Å². The predicted molar refractivity (Wildman–Crippen MR) is 111 cm³/mol. The van der Waals surface area contributed by atoms with E-state index < -0.39 is 34.6 Å². The number of hydrogen-bond acceptors (Lipinski definition) is 2. The van der Waals surface area contributed by atoms with E-state index in [0.717, 1.165) is 50.0 Å². The third-order valence-electron chi connectivity index (χ3n) is 5.96. The summed E-state index contributed by atoms with van der Waals surface area (Å²) in [5, 5.41) is 8.67. The summed E-state index contributed by atoms with van der Waals surface area (Å²) in [7, 11) is 0. The second-order valence-electron chi connectivity index (χ2n) is 8.05. The third-order valence-corrected chi connectivity index (χ3v) is 5.96. The first-order valence-corrected chi connectivity index (χ1v) is 10.5. The summed E-state index contributed by atoms with van der Waals surface area (Å²) >= 11 is 0. The number of hydrogen-bond donors (Lipinski definition) is 0. The van der Waals surface area contributed by atoms with E-state index in [1.54, 1.807) is 12.1 Å². The van der Waals surface area contributed by atoms with Crippen LogP contribution in [0.1, 0.15) is 67.6 Å². The van der Waals surface area contributed by atoms with Gasteiger partial charge in [0, 0.05) is 12.1 Å². The lowest BCUT2D eigenvalue weighted by molar-refractivity contribution is -0.185. The van der Waals surface area contributed by atoms with Gasteiger partial charge >= 0.3 is 6.11 Å². The monoisotopic (exact) mass is 431 g/mol. The van der Waals surface area contributed by atoms with Gasteiger partial charge in [-0.15, -0.1) is 6.58 Å². The molecule has 2 nitrogen and oxygen atoms in total. The number of rotatable bonds is 8. The molecule has 0 radical (unpaired) electrons. The molecule has 1 fully saturated rings. The Hall–Kier alpha value is -2.81. The third kappa shape index (κ3) is 5.66. The normalized spacial score (nSPS) is 18.9. The highest BCUT2D eigenvalue weighted by molar-refractivity contribution is 5.38. The summed E-state index contributed by atoms with van der Waals surface area (Å²) in [6, 6.07) is 8.44. The summed E-state index contributed by atoms with van der Waals surface area (Å²) in [5.41, 5.74) is -0.227. The fraction of sp³-hybridized carbons (Fsp3) is 0.400. The van der Waals surface area contributed by atoms with Crippen molar-refractivity contribution in [1.29, 1.82) is 5.26 Å². The van der Waals surface area contributed by atoms with Gasteiger partial charge < -0.3 is 4.74 Å². The van der Waals surface area contributed by atoms with Crippen LogP contribution in [0.25, 0.3) is 0 Å². The van der Waals surface area contributed by atoms with Crippen LogP contribution in [0.2, 0.25) is 0 Å². The largest absolute Gasteiger partial charge is 0.429 e. The molecule has 0 heterocycles. The summed E-state index contributed by atoms with van der Waals surface area (Å²) in [5.74, 6) is -2.10. The molecule has 0 saturated heterocycles. The minimum Gasteiger partial charge on any atom is -0.429 e. The average molecular weight is 431 g/mol. The highest BCUT2D eigenvalue weighted by Gasteiger charge is 2.35. The van der Waals surface area contributed by atoms with E-state index in [-0.39, 0.29) is 0 Å². The van der Waals surface area contributed by atoms with E-state index in [4.69, 9.17) is 5.26 Å². The molecule has 0 aromatic heterocycles. The van der Waals surface area contributed by atoms with E-state index in [0.29, 0.717) is 18.1 Å². The Balaban J connectivity index is 1.63. The molecular weight excluding hydrogens is 406 g/mol. The smallest absolute Gasteiger partial charge is 0.426 e. The minimum atomic E-state index is -3.77. The zero-order chi connectivity index (χ0) is 22.4. The number of ether oxygens (including phenoxy) is 1. The molecule has 1 saturated carbocycles. The van der Waals surface area contributed by atoms with Crippen molar-refractivity contribution in [3.8, 4) is 11.8 Å². The van der Waals surface area contributed by atoms with E-state index in [1.807, 2.05) is 6.08 Å². The Kier molecular flexibility index (Phi) is 7.37. The first-order chi connectivity index (χ1) is 14.8. The molecule has 0 spiro atoms. The van der Waals surface area contributed by atoms with Gasteiger partial charge in [-0.05, 0) is 68.1 Å². The van der Waals surface area contributed by atoms with Gasteiger partial charge in [0.25, 0.3) is 0 Å². The SMILES string of the molecule is C=CCCCC1CCC(c2ccc(C(F)(F)Oc3cc(F)c(C#N)c(F)c3)cc2)CC1. The van der Waals surface area contributed by atoms with Crippen LogP contribution in [0, 0.1) is 28.9 Å². The van der Waals surface area contributed by atoms with Crippen LogP contribution in [0.4, 0.5) is 17.6 Å². The molecule has 1 aliphatic rings. The van der Waals surface area contributed by atoms with Crippen molar-refractivity contribution in [3.05, 3.63) is 77.4 Å². The molecule has 2 aromatic rings. The fourth-order valence-corrected chi connectivity index (χ4v) is 4.21. The fourth-order valence-electron chi connectivity index (χ4n) is 4.21. The summed E-state index contributed by atoms with van der Waals surface area (Å²) in [6.07, 6.45) is 5.93. The Morgan fingerprint density at radius 3 is 2.23 bits per heavy atom. The molecule has 0 amide bonds. The maximum absolute atomic E-state index is 14.5. The molecule has 2 aromatic carbocycles. The Morgan fingerprint density at radius 1 is 1.06 bits per heavy atom. The summed E-state index contributed by atoms with van der Waals surface area (Å²) in [4.78, 5) is 0. The Morgan fingerprint density at radius 2 is 1.68 bits per heavy atom. The van der Waals surface area contributed by atoms with Crippen molar-refractivity contribution in [2.24, 2.45) is 5.92 Å². The molecule has 0 unspecified atom stereocenters. The van der Waals surface area contributed by atoms with Crippen LogP contribution in [-0.2, 0) is 6.11 Å². The van der Waals surface area contributed by atoms with Gasteiger partial charge in [0.2, 0.25) is 0 Å². The number of halogens is 4. The van der Waals surface area contributed by atoms with Gasteiger partial charge in [0.05, 0.1) is 5.56 Å². The topological polar surface area (TPSA) is 33.0 Å². The van der Waals surface area contributed by atoms with Crippen molar-refractivity contribution in [3.63, 3.8) is 0 Å². The van der Waals surface area contributed by atoms with Crippen LogP contribution in [0.3, 0.4) is 0 Å². The van der Waals surface area contributed by atoms with Crippen molar-refractivity contribution in [2.45, 2.75) is 57.0 Å². The van der Waals surface area contributed by atoms with Gasteiger partial charge in [-0.1, -0.05) is 24.6 Å².